The number of pyridine rings is 1. The first-order chi connectivity index (χ1) is 18.1. The molecule has 5 aromatic rings. The van der Waals surface area contributed by atoms with Gasteiger partial charge in [0.1, 0.15) is 5.76 Å². The Labute approximate surface area is 214 Å². The SMILES string of the molecule is Cc1ccc(C(=O)NC2CCN(C(=O)c3cc(-c4cccc5ccccc45)nc4ccccc34)CC2)o1. The molecular formula is C31H27N3O3. The summed E-state index contributed by atoms with van der Waals surface area (Å²) in [7, 11) is 0. The first-order valence-corrected chi connectivity index (χ1v) is 12.6. The summed E-state index contributed by atoms with van der Waals surface area (Å²) >= 11 is 0. The van der Waals surface area contributed by atoms with Crippen molar-refractivity contribution in [3.8, 4) is 11.3 Å². The smallest absolute Gasteiger partial charge is 0.287 e. The second-order valence-electron chi connectivity index (χ2n) is 9.55. The molecule has 2 aromatic heterocycles. The summed E-state index contributed by atoms with van der Waals surface area (Å²) in [5, 5.41) is 6.13. The van der Waals surface area contributed by atoms with E-state index >= 15 is 0 Å². The Morgan fingerprint density at radius 1 is 0.892 bits per heavy atom. The summed E-state index contributed by atoms with van der Waals surface area (Å²) < 4.78 is 5.44. The normalized spacial score (nSPS) is 14.2. The molecule has 3 aromatic carbocycles. The van der Waals surface area contributed by atoms with Crippen molar-refractivity contribution in [3.05, 3.63) is 102 Å². The van der Waals surface area contributed by atoms with Crippen LogP contribution in [0.2, 0.25) is 0 Å². The van der Waals surface area contributed by atoms with Crippen molar-refractivity contribution in [1.82, 2.24) is 15.2 Å². The molecule has 1 fully saturated rings. The molecule has 3 heterocycles. The predicted octanol–water partition coefficient (Wildman–Crippen LogP) is 5.99. The molecule has 184 valence electrons. The van der Waals surface area contributed by atoms with E-state index in [1.165, 1.54) is 0 Å². The van der Waals surface area contributed by atoms with Gasteiger partial charge in [-0.25, -0.2) is 4.98 Å². The van der Waals surface area contributed by atoms with Crippen LogP contribution in [0.1, 0.15) is 39.5 Å². The maximum Gasteiger partial charge on any atom is 0.287 e. The van der Waals surface area contributed by atoms with E-state index in [1.807, 2.05) is 60.4 Å². The highest BCUT2D eigenvalue weighted by atomic mass is 16.3. The Morgan fingerprint density at radius 2 is 1.62 bits per heavy atom. The molecule has 1 aliphatic rings. The zero-order chi connectivity index (χ0) is 25.4. The van der Waals surface area contributed by atoms with Gasteiger partial charge in [-0.05, 0) is 54.8 Å². The minimum atomic E-state index is -0.210. The fourth-order valence-corrected chi connectivity index (χ4v) is 5.15. The maximum absolute atomic E-state index is 13.8. The molecule has 0 atom stereocenters. The van der Waals surface area contributed by atoms with E-state index in [0.29, 0.717) is 43.0 Å². The average Bonchev–Trinajstić information content (AvgIpc) is 3.38. The molecule has 1 N–H and O–H groups in total. The van der Waals surface area contributed by atoms with Gasteiger partial charge in [-0.3, -0.25) is 9.59 Å². The van der Waals surface area contributed by atoms with Gasteiger partial charge in [0, 0.05) is 30.1 Å². The van der Waals surface area contributed by atoms with Crippen molar-refractivity contribution in [1.29, 1.82) is 0 Å². The van der Waals surface area contributed by atoms with Crippen molar-refractivity contribution in [2.24, 2.45) is 0 Å². The molecular weight excluding hydrogens is 462 g/mol. The minimum absolute atomic E-state index is 0.00221. The van der Waals surface area contributed by atoms with Crippen LogP contribution in [0.15, 0.2) is 89.3 Å². The summed E-state index contributed by atoms with van der Waals surface area (Å²) in [6, 6.07) is 27.6. The van der Waals surface area contributed by atoms with Crippen LogP contribution >= 0.6 is 0 Å². The number of nitrogens with zero attached hydrogens (tertiary/aromatic N) is 2. The molecule has 0 radical (unpaired) electrons. The topological polar surface area (TPSA) is 75.4 Å². The molecule has 37 heavy (non-hydrogen) atoms. The lowest BCUT2D eigenvalue weighted by Gasteiger charge is -2.32. The number of aromatic nitrogens is 1. The third-order valence-electron chi connectivity index (χ3n) is 7.09. The molecule has 6 nitrogen and oxygen atoms in total. The number of fused-ring (bicyclic) bond motifs is 2. The first-order valence-electron chi connectivity index (χ1n) is 12.6. The van der Waals surface area contributed by atoms with Crippen molar-refractivity contribution >= 4 is 33.5 Å². The van der Waals surface area contributed by atoms with E-state index in [2.05, 4.69) is 29.6 Å². The van der Waals surface area contributed by atoms with Crippen molar-refractivity contribution in [3.63, 3.8) is 0 Å². The monoisotopic (exact) mass is 489 g/mol. The van der Waals surface area contributed by atoms with E-state index in [-0.39, 0.29) is 17.9 Å². The molecule has 2 amide bonds. The summed E-state index contributed by atoms with van der Waals surface area (Å²) in [6.07, 6.45) is 1.38. The van der Waals surface area contributed by atoms with Gasteiger partial charge in [0.2, 0.25) is 0 Å². The second kappa shape index (κ2) is 9.54. The quantitative estimate of drug-likeness (QED) is 0.336. The highest BCUT2D eigenvalue weighted by Gasteiger charge is 2.27. The zero-order valence-electron chi connectivity index (χ0n) is 20.6. The number of likely N-dealkylation sites (tertiary alicyclic amines) is 1. The van der Waals surface area contributed by atoms with Crippen LogP contribution in [0.4, 0.5) is 0 Å². The standard InChI is InChI=1S/C31H27N3O3/c1-20-13-14-29(37-20)30(35)32-22-15-17-34(18-16-22)31(36)26-19-28(33-27-12-5-4-10-25(26)27)24-11-6-8-21-7-2-3-9-23(21)24/h2-14,19,22H,15-18H2,1H3,(H,32,35). The van der Waals surface area contributed by atoms with Crippen LogP contribution in [0.25, 0.3) is 32.9 Å². The summed E-state index contributed by atoms with van der Waals surface area (Å²) in [5.74, 6) is 0.808. The highest BCUT2D eigenvalue weighted by molar-refractivity contribution is 6.08. The van der Waals surface area contributed by atoms with Gasteiger partial charge >= 0.3 is 0 Å². The molecule has 1 aliphatic heterocycles. The van der Waals surface area contributed by atoms with E-state index in [9.17, 15) is 9.59 Å². The molecule has 0 unspecified atom stereocenters. The Balaban J connectivity index is 1.27. The Bertz CT molecular complexity index is 1620. The van der Waals surface area contributed by atoms with E-state index in [0.717, 1.165) is 32.9 Å². The van der Waals surface area contributed by atoms with Gasteiger partial charge < -0.3 is 14.6 Å². The number of rotatable bonds is 4. The van der Waals surface area contributed by atoms with Gasteiger partial charge in [-0.15, -0.1) is 0 Å². The molecule has 6 rings (SSSR count). The molecule has 0 aliphatic carbocycles. The van der Waals surface area contributed by atoms with Crippen LogP contribution in [0.5, 0.6) is 0 Å². The van der Waals surface area contributed by atoms with E-state index < -0.39 is 0 Å². The Hall–Kier alpha value is -4.45. The Kier molecular flexibility index (Phi) is 5.93. The lowest BCUT2D eigenvalue weighted by molar-refractivity contribution is 0.0697. The van der Waals surface area contributed by atoms with Crippen molar-refractivity contribution in [2.75, 3.05) is 13.1 Å². The third kappa shape index (κ3) is 4.47. The van der Waals surface area contributed by atoms with Gasteiger partial charge in [0.25, 0.3) is 11.8 Å². The largest absolute Gasteiger partial charge is 0.456 e. The van der Waals surface area contributed by atoms with Gasteiger partial charge in [-0.2, -0.15) is 0 Å². The Morgan fingerprint density at radius 3 is 2.41 bits per heavy atom. The summed E-state index contributed by atoms with van der Waals surface area (Å²) in [4.78, 5) is 33.1. The number of furan rings is 1. The van der Waals surface area contributed by atoms with E-state index in [4.69, 9.17) is 9.40 Å². The molecule has 1 saturated heterocycles. The van der Waals surface area contributed by atoms with Gasteiger partial charge in [-0.1, -0.05) is 60.7 Å². The number of para-hydroxylation sites is 1. The number of piperidine rings is 1. The summed E-state index contributed by atoms with van der Waals surface area (Å²) in [5.41, 5.74) is 3.25. The van der Waals surface area contributed by atoms with Crippen molar-refractivity contribution in [2.45, 2.75) is 25.8 Å². The fourth-order valence-electron chi connectivity index (χ4n) is 5.15. The second-order valence-corrected chi connectivity index (χ2v) is 9.55. The average molecular weight is 490 g/mol. The van der Waals surface area contributed by atoms with Crippen LogP contribution < -0.4 is 5.32 Å². The molecule has 6 heteroatoms. The molecule has 0 saturated carbocycles. The van der Waals surface area contributed by atoms with Crippen LogP contribution in [-0.2, 0) is 0 Å². The zero-order valence-corrected chi connectivity index (χ0v) is 20.6. The lowest BCUT2D eigenvalue weighted by atomic mass is 9.98. The summed E-state index contributed by atoms with van der Waals surface area (Å²) in [6.45, 7) is 2.96. The number of hydrogen-bond acceptors (Lipinski definition) is 4. The predicted molar refractivity (Wildman–Crippen MR) is 145 cm³/mol. The third-order valence-corrected chi connectivity index (χ3v) is 7.09. The first kappa shape index (κ1) is 23.0. The van der Waals surface area contributed by atoms with Crippen LogP contribution in [-0.4, -0.2) is 40.8 Å². The van der Waals surface area contributed by atoms with Crippen LogP contribution in [0.3, 0.4) is 0 Å². The highest BCUT2D eigenvalue weighted by Crippen LogP contribution is 2.31. The van der Waals surface area contributed by atoms with Gasteiger partial charge in [0.15, 0.2) is 5.76 Å². The molecule has 0 bridgehead atoms. The fraction of sp³-hybridized carbons (Fsp3) is 0.194. The van der Waals surface area contributed by atoms with Gasteiger partial charge in [0.05, 0.1) is 16.8 Å². The maximum atomic E-state index is 13.8. The number of benzene rings is 3. The number of carbonyl (C=O) groups is 2. The lowest BCUT2D eigenvalue weighted by Crippen LogP contribution is -2.46. The van der Waals surface area contributed by atoms with Crippen molar-refractivity contribution < 1.29 is 14.0 Å². The number of hydrogen-bond donors (Lipinski definition) is 1. The number of aryl methyl sites for hydroxylation is 1. The number of nitrogens with one attached hydrogen (secondary N) is 1. The minimum Gasteiger partial charge on any atom is -0.456 e. The van der Waals surface area contributed by atoms with E-state index in [1.54, 1.807) is 12.1 Å². The number of amides is 2. The van der Waals surface area contributed by atoms with Crippen LogP contribution in [0, 0.1) is 6.92 Å². The molecule has 0 spiro atoms. The number of carbonyl (C=O) groups excluding carboxylic acids is 2.